The van der Waals surface area contributed by atoms with Crippen LogP contribution >= 0.6 is 0 Å². The Morgan fingerprint density at radius 3 is 2.48 bits per heavy atom. The smallest absolute Gasteiger partial charge is 0.0233 e. The van der Waals surface area contributed by atoms with Crippen LogP contribution in [0.5, 0.6) is 0 Å². The Kier molecular flexibility index (Phi) is 5.83. The third kappa shape index (κ3) is 5.12. The lowest BCUT2D eigenvalue weighted by Gasteiger charge is -2.39. The fourth-order valence-corrected chi connectivity index (χ4v) is 3.02. The average molecular weight is 288 g/mol. The molecule has 0 amide bonds. The van der Waals surface area contributed by atoms with Crippen LogP contribution in [0.4, 0.5) is 0 Å². The van der Waals surface area contributed by atoms with E-state index in [1.807, 2.05) is 0 Å². The van der Waals surface area contributed by atoms with E-state index in [9.17, 15) is 0 Å². The minimum atomic E-state index is 0.544. The molecule has 1 saturated heterocycles. The molecule has 0 aliphatic carbocycles. The summed E-state index contributed by atoms with van der Waals surface area (Å²) < 4.78 is 0. The molecule has 0 unspecified atom stereocenters. The number of piperidine rings is 1. The van der Waals surface area contributed by atoms with E-state index in [1.165, 1.54) is 43.5 Å². The first kappa shape index (κ1) is 16.5. The van der Waals surface area contributed by atoms with Crippen LogP contribution in [0.25, 0.3) is 0 Å². The summed E-state index contributed by atoms with van der Waals surface area (Å²) in [5.74, 6) is 0. The second kappa shape index (κ2) is 7.42. The molecule has 0 bridgehead atoms. The summed E-state index contributed by atoms with van der Waals surface area (Å²) in [6.07, 6.45) is 4.01. The van der Waals surface area contributed by atoms with Crippen molar-refractivity contribution in [2.24, 2.45) is 5.41 Å². The van der Waals surface area contributed by atoms with Gasteiger partial charge in [0.05, 0.1) is 0 Å². The van der Waals surface area contributed by atoms with E-state index in [0.717, 1.165) is 13.1 Å². The lowest BCUT2D eigenvalue weighted by molar-refractivity contribution is 0.109. The van der Waals surface area contributed by atoms with Gasteiger partial charge in [-0.25, -0.2) is 0 Å². The highest BCUT2D eigenvalue weighted by Crippen LogP contribution is 2.34. The van der Waals surface area contributed by atoms with E-state index >= 15 is 0 Å². The van der Waals surface area contributed by atoms with Gasteiger partial charge in [0.15, 0.2) is 0 Å². The zero-order valence-corrected chi connectivity index (χ0v) is 14.3. The lowest BCUT2D eigenvalue weighted by atomic mass is 9.78. The zero-order chi connectivity index (χ0) is 15.3. The van der Waals surface area contributed by atoms with Crippen molar-refractivity contribution in [3.05, 3.63) is 35.4 Å². The molecule has 2 heteroatoms. The Labute approximate surface area is 130 Å². The number of nitrogens with zero attached hydrogens (tertiary/aromatic N) is 1. The van der Waals surface area contributed by atoms with E-state index in [-0.39, 0.29) is 0 Å². The molecule has 2 rings (SSSR count). The second-order valence-electron chi connectivity index (χ2n) is 7.30. The SMILES string of the molecule is CCC1(C)CCN(Cc2cccc(CNC(C)C)c2)CC1. The van der Waals surface area contributed by atoms with Crippen molar-refractivity contribution in [2.45, 2.75) is 66.1 Å². The summed E-state index contributed by atoms with van der Waals surface area (Å²) in [4.78, 5) is 2.62. The highest BCUT2D eigenvalue weighted by atomic mass is 15.1. The average Bonchev–Trinajstić information content (AvgIpc) is 2.48. The second-order valence-corrected chi connectivity index (χ2v) is 7.30. The van der Waals surface area contributed by atoms with Gasteiger partial charge in [-0.2, -0.15) is 0 Å². The number of hydrogen-bond acceptors (Lipinski definition) is 2. The van der Waals surface area contributed by atoms with Gasteiger partial charge in [-0.05, 0) is 42.5 Å². The molecule has 1 heterocycles. The molecule has 2 nitrogen and oxygen atoms in total. The van der Waals surface area contributed by atoms with Crippen LogP contribution in [-0.2, 0) is 13.1 Å². The van der Waals surface area contributed by atoms with Gasteiger partial charge in [-0.3, -0.25) is 4.90 Å². The maximum Gasteiger partial charge on any atom is 0.0233 e. The van der Waals surface area contributed by atoms with Crippen molar-refractivity contribution in [3.63, 3.8) is 0 Å². The van der Waals surface area contributed by atoms with Crippen LogP contribution in [-0.4, -0.2) is 24.0 Å². The molecule has 1 fully saturated rings. The minimum absolute atomic E-state index is 0.544. The predicted molar refractivity (Wildman–Crippen MR) is 91.3 cm³/mol. The molecule has 1 aliphatic rings. The molecular weight excluding hydrogens is 256 g/mol. The molecule has 1 aromatic carbocycles. The van der Waals surface area contributed by atoms with E-state index in [0.29, 0.717) is 11.5 Å². The van der Waals surface area contributed by atoms with Gasteiger partial charge in [-0.1, -0.05) is 58.4 Å². The fourth-order valence-electron chi connectivity index (χ4n) is 3.02. The normalized spacial score (nSPS) is 19.1. The Balaban J connectivity index is 1.87. The summed E-state index contributed by atoms with van der Waals surface area (Å²) in [5, 5.41) is 3.50. The molecule has 0 atom stereocenters. The van der Waals surface area contributed by atoms with Gasteiger partial charge < -0.3 is 5.32 Å². The topological polar surface area (TPSA) is 15.3 Å². The number of rotatable bonds is 6. The molecule has 21 heavy (non-hydrogen) atoms. The quantitative estimate of drug-likeness (QED) is 0.844. The van der Waals surface area contributed by atoms with Crippen LogP contribution in [0.2, 0.25) is 0 Å². The number of hydrogen-bond donors (Lipinski definition) is 1. The first-order valence-electron chi connectivity index (χ1n) is 8.54. The van der Waals surface area contributed by atoms with Gasteiger partial charge in [0.1, 0.15) is 0 Å². The molecule has 0 saturated carbocycles. The van der Waals surface area contributed by atoms with Crippen molar-refractivity contribution in [1.82, 2.24) is 10.2 Å². The lowest BCUT2D eigenvalue weighted by Crippen LogP contribution is -2.37. The monoisotopic (exact) mass is 288 g/mol. The maximum absolute atomic E-state index is 3.50. The summed E-state index contributed by atoms with van der Waals surface area (Å²) >= 11 is 0. The molecule has 1 aromatic rings. The predicted octanol–water partition coefficient (Wildman–Crippen LogP) is 4.20. The van der Waals surface area contributed by atoms with E-state index in [1.54, 1.807) is 0 Å². The van der Waals surface area contributed by atoms with Crippen molar-refractivity contribution in [2.75, 3.05) is 13.1 Å². The highest BCUT2D eigenvalue weighted by Gasteiger charge is 2.27. The molecule has 118 valence electrons. The third-order valence-corrected chi connectivity index (χ3v) is 5.03. The highest BCUT2D eigenvalue weighted by molar-refractivity contribution is 5.23. The van der Waals surface area contributed by atoms with Crippen molar-refractivity contribution < 1.29 is 0 Å². The van der Waals surface area contributed by atoms with Gasteiger partial charge in [-0.15, -0.1) is 0 Å². The summed E-state index contributed by atoms with van der Waals surface area (Å²) in [6.45, 7) is 13.8. The third-order valence-electron chi connectivity index (χ3n) is 5.03. The van der Waals surface area contributed by atoms with Crippen molar-refractivity contribution in [1.29, 1.82) is 0 Å². The first-order chi connectivity index (χ1) is 10.0. The van der Waals surface area contributed by atoms with E-state index in [2.05, 4.69) is 62.2 Å². The Morgan fingerprint density at radius 2 is 1.86 bits per heavy atom. The Bertz CT molecular complexity index is 431. The Hall–Kier alpha value is -0.860. The zero-order valence-electron chi connectivity index (χ0n) is 14.3. The Morgan fingerprint density at radius 1 is 1.19 bits per heavy atom. The minimum Gasteiger partial charge on any atom is -0.310 e. The number of likely N-dealkylation sites (tertiary alicyclic amines) is 1. The van der Waals surface area contributed by atoms with Gasteiger partial charge in [0.2, 0.25) is 0 Å². The first-order valence-corrected chi connectivity index (χ1v) is 8.54. The fraction of sp³-hybridized carbons (Fsp3) is 0.684. The molecule has 0 radical (unpaired) electrons. The summed E-state index contributed by atoms with van der Waals surface area (Å²) in [6, 6.07) is 9.60. The van der Waals surface area contributed by atoms with Gasteiger partial charge >= 0.3 is 0 Å². The van der Waals surface area contributed by atoms with Crippen LogP contribution in [0, 0.1) is 5.41 Å². The van der Waals surface area contributed by atoms with Crippen LogP contribution < -0.4 is 5.32 Å². The molecule has 1 N–H and O–H groups in total. The maximum atomic E-state index is 3.50. The van der Waals surface area contributed by atoms with E-state index in [4.69, 9.17) is 0 Å². The largest absolute Gasteiger partial charge is 0.310 e. The van der Waals surface area contributed by atoms with Gasteiger partial charge in [0.25, 0.3) is 0 Å². The van der Waals surface area contributed by atoms with Gasteiger partial charge in [0, 0.05) is 19.1 Å². The van der Waals surface area contributed by atoms with Crippen LogP contribution in [0.1, 0.15) is 58.1 Å². The standard InChI is InChI=1S/C19H32N2/c1-5-19(4)9-11-21(12-10-19)15-18-8-6-7-17(13-18)14-20-16(2)3/h6-8,13,16,20H,5,9-12,14-15H2,1-4H3. The summed E-state index contributed by atoms with van der Waals surface area (Å²) in [5.41, 5.74) is 3.44. The molecule has 0 aromatic heterocycles. The van der Waals surface area contributed by atoms with Crippen molar-refractivity contribution >= 4 is 0 Å². The molecule has 0 spiro atoms. The van der Waals surface area contributed by atoms with Crippen molar-refractivity contribution in [3.8, 4) is 0 Å². The molecule has 1 aliphatic heterocycles. The number of nitrogens with one attached hydrogen (secondary N) is 1. The van der Waals surface area contributed by atoms with E-state index < -0.39 is 0 Å². The van der Waals surface area contributed by atoms with Crippen LogP contribution in [0.3, 0.4) is 0 Å². The summed E-state index contributed by atoms with van der Waals surface area (Å²) in [7, 11) is 0. The van der Waals surface area contributed by atoms with Crippen LogP contribution in [0.15, 0.2) is 24.3 Å². The number of benzene rings is 1. The molecular formula is C19H32N2.